The number of nitrogens with zero attached hydrogens (tertiary/aromatic N) is 5. The number of amides is 1. The van der Waals surface area contributed by atoms with Crippen molar-refractivity contribution in [1.29, 1.82) is 0 Å². The summed E-state index contributed by atoms with van der Waals surface area (Å²) >= 11 is 0. The third kappa shape index (κ3) is 6.32. The summed E-state index contributed by atoms with van der Waals surface area (Å²) in [5, 5.41) is 17.9. The Labute approximate surface area is 199 Å². The minimum Gasteiger partial charge on any atom is -0.481 e. The Hall–Kier alpha value is -4.92. The van der Waals surface area contributed by atoms with Crippen molar-refractivity contribution in [3.63, 3.8) is 0 Å². The number of terminal acetylenes is 1. The van der Waals surface area contributed by atoms with E-state index in [1.807, 2.05) is 0 Å². The van der Waals surface area contributed by atoms with E-state index >= 15 is 0 Å². The van der Waals surface area contributed by atoms with Crippen molar-refractivity contribution in [1.82, 2.24) is 19.9 Å². The first-order chi connectivity index (χ1) is 16.7. The minimum atomic E-state index is -1.26. The fourth-order valence-corrected chi connectivity index (χ4v) is 3.19. The van der Waals surface area contributed by atoms with Gasteiger partial charge in [-0.15, -0.1) is 6.42 Å². The Balaban J connectivity index is 1.72. The van der Waals surface area contributed by atoms with Gasteiger partial charge in [-0.05, 0) is 24.1 Å². The van der Waals surface area contributed by atoms with E-state index in [1.165, 1.54) is 18.3 Å². The van der Waals surface area contributed by atoms with Gasteiger partial charge in [0.25, 0.3) is 5.91 Å². The van der Waals surface area contributed by atoms with E-state index in [0.29, 0.717) is 17.6 Å². The Morgan fingerprint density at radius 3 is 2.46 bits per heavy atom. The molecule has 0 aliphatic carbocycles. The first kappa shape index (κ1) is 24.7. The number of carboxylic acids is 2. The molecule has 3 rings (SSSR count). The van der Waals surface area contributed by atoms with Crippen LogP contribution in [-0.2, 0) is 16.0 Å². The number of aromatic nitrogens is 4. The predicted octanol–water partition coefficient (Wildman–Crippen LogP) is 1.32. The van der Waals surface area contributed by atoms with E-state index in [0.717, 1.165) is 11.8 Å². The van der Waals surface area contributed by atoms with Gasteiger partial charge in [-0.2, -0.15) is 9.97 Å². The largest absolute Gasteiger partial charge is 0.481 e. The van der Waals surface area contributed by atoms with Crippen LogP contribution in [0.5, 0.6) is 0 Å². The molecule has 35 heavy (non-hydrogen) atoms. The lowest BCUT2D eigenvalue weighted by Crippen LogP contribution is -2.17. The number of carbonyl (C=O) groups is 3. The number of nitrogen functional groups attached to an aromatic ring is 2. The highest BCUT2D eigenvalue weighted by Crippen LogP contribution is 2.22. The van der Waals surface area contributed by atoms with Crippen LogP contribution in [0.3, 0.4) is 0 Å². The van der Waals surface area contributed by atoms with E-state index in [1.54, 1.807) is 12.1 Å². The number of hydrogen-bond acceptors (Lipinski definition) is 9. The Kier molecular flexibility index (Phi) is 7.63. The predicted molar refractivity (Wildman–Crippen MR) is 126 cm³/mol. The second kappa shape index (κ2) is 10.8. The zero-order valence-electron chi connectivity index (χ0n) is 18.3. The van der Waals surface area contributed by atoms with Gasteiger partial charge < -0.3 is 21.7 Å². The van der Waals surface area contributed by atoms with E-state index < -0.39 is 29.7 Å². The lowest BCUT2D eigenvalue weighted by molar-refractivity contribution is -0.140. The van der Waals surface area contributed by atoms with Gasteiger partial charge in [0.2, 0.25) is 5.95 Å². The molecule has 0 saturated heterocycles. The summed E-state index contributed by atoms with van der Waals surface area (Å²) in [6, 6.07) is 6.37. The normalized spacial score (nSPS) is 12.8. The maximum Gasteiger partial charge on any atom is 0.311 e. The number of aliphatic carboxylic acids is 2. The number of rotatable bonds is 9. The van der Waals surface area contributed by atoms with Gasteiger partial charge in [0.05, 0.1) is 23.7 Å². The van der Waals surface area contributed by atoms with Crippen LogP contribution in [0.15, 0.2) is 35.5 Å². The molecule has 3 aromatic rings. The van der Waals surface area contributed by atoms with Gasteiger partial charge in [-0.1, -0.05) is 18.1 Å². The molecule has 0 aliphatic rings. The molecule has 1 amide bonds. The first-order valence-corrected chi connectivity index (χ1v) is 10.3. The second-order valence-corrected chi connectivity index (χ2v) is 7.51. The number of benzene rings is 1. The lowest BCUT2D eigenvalue weighted by atomic mass is 9.94. The van der Waals surface area contributed by atoms with Crippen LogP contribution in [0.2, 0.25) is 0 Å². The molecule has 1 aromatic carbocycles. The topological polar surface area (TPSA) is 208 Å². The monoisotopic (exact) mass is 475 g/mol. The van der Waals surface area contributed by atoms with E-state index in [2.05, 4.69) is 30.8 Å². The number of carbonyl (C=O) groups excluding carboxylic acids is 1. The minimum absolute atomic E-state index is 0.00346. The van der Waals surface area contributed by atoms with Gasteiger partial charge in [-0.25, -0.2) is 15.0 Å². The van der Waals surface area contributed by atoms with Crippen LogP contribution in [0.25, 0.3) is 11.2 Å². The van der Waals surface area contributed by atoms with Crippen LogP contribution in [0.1, 0.15) is 40.4 Å². The van der Waals surface area contributed by atoms with Crippen molar-refractivity contribution in [2.75, 3.05) is 11.5 Å². The molecule has 0 aliphatic heterocycles. The molecule has 2 aromatic heterocycles. The van der Waals surface area contributed by atoms with Crippen molar-refractivity contribution >= 4 is 47.0 Å². The molecular weight excluding hydrogens is 454 g/mol. The molecule has 0 bridgehead atoms. The van der Waals surface area contributed by atoms with Gasteiger partial charge in [0, 0.05) is 24.6 Å². The zero-order chi connectivity index (χ0) is 25.5. The molecule has 0 fully saturated rings. The maximum atomic E-state index is 12.3. The summed E-state index contributed by atoms with van der Waals surface area (Å²) in [5.74, 6) is -1.84. The Bertz CT molecular complexity index is 1350. The summed E-state index contributed by atoms with van der Waals surface area (Å²) < 4.78 is 0. The fourth-order valence-electron chi connectivity index (χ4n) is 3.19. The quantitative estimate of drug-likeness (QED) is 0.256. The van der Waals surface area contributed by atoms with Crippen molar-refractivity contribution < 1.29 is 24.6 Å². The average Bonchev–Trinajstić information content (AvgIpc) is 2.82. The second-order valence-electron chi connectivity index (χ2n) is 7.51. The molecule has 12 heteroatoms. The van der Waals surface area contributed by atoms with E-state index in [-0.39, 0.29) is 35.8 Å². The lowest BCUT2D eigenvalue weighted by Gasteiger charge is -2.12. The molecule has 2 unspecified atom stereocenters. The smallest absolute Gasteiger partial charge is 0.311 e. The van der Waals surface area contributed by atoms with Crippen LogP contribution < -0.4 is 11.5 Å². The van der Waals surface area contributed by atoms with Crippen LogP contribution in [0.4, 0.5) is 11.8 Å². The molecule has 0 spiro atoms. The first-order valence-electron chi connectivity index (χ1n) is 10.3. The SMILES string of the molecule is C#CC(Cc1cnc2nc(N)nc(N)c2n1)c1ccc(C(=O)N=CC(CCC(=O)O)C(=O)O)cc1. The van der Waals surface area contributed by atoms with Crippen molar-refractivity contribution in [3.8, 4) is 12.3 Å². The Morgan fingerprint density at radius 2 is 1.83 bits per heavy atom. The molecular formula is C23H21N7O5. The number of nitrogens with two attached hydrogens (primary N) is 2. The molecule has 2 heterocycles. The molecule has 0 radical (unpaired) electrons. The number of anilines is 2. The summed E-state index contributed by atoms with van der Waals surface area (Å²) in [7, 11) is 0. The number of carboxylic acid groups (broad SMARTS) is 2. The van der Waals surface area contributed by atoms with Gasteiger partial charge >= 0.3 is 11.9 Å². The molecule has 12 nitrogen and oxygen atoms in total. The average molecular weight is 475 g/mol. The molecule has 178 valence electrons. The molecule has 0 saturated carbocycles. The summed E-state index contributed by atoms with van der Waals surface area (Å²) in [4.78, 5) is 54.4. The molecule has 6 N–H and O–H groups in total. The fraction of sp³-hybridized carbons (Fsp3) is 0.217. The highest BCUT2D eigenvalue weighted by molar-refractivity contribution is 6.02. The van der Waals surface area contributed by atoms with Gasteiger partial charge in [-0.3, -0.25) is 14.4 Å². The van der Waals surface area contributed by atoms with Gasteiger partial charge in [0.15, 0.2) is 17.0 Å². The van der Waals surface area contributed by atoms with Crippen LogP contribution >= 0.6 is 0 Å². The van der Waals surface area contributed by atoms with Crippen molar-refractivity contribution in [2.45, 2.75) is 25.2 Å². The Morgan fingerprint density at radius 1 is 1.11 bits per heavy atom. The van der Waals surface area contributed by atoms with E-state index in [4.69, 9.17) is 28.1 Å². The highest BCUT2D eigenvalue weighted by Gasteiger charge is 2.18. The zero-order valence-corrected chi connectivity index (χ0v) is 18.3. The maximum absolute atomic E-state index is 12.3. The third-order valence-corrected chi connectivity index (χ3v) is 5.03. The van der Waals surface area contributed by atoms with Gasteiger partial charge in [0.1, 0.15) is 0 Å². The number of hydrogen-bond donors (Lipinski definition) is 4. The number of fused-ring (bicyclic) bond motifs is 1. The third-order valence-electron chi connectivity index (χ3n) is 5.03. The standard InChI is InChI=1S/C23H21N7O5/c1-2-12(9-16-11-26-20-18(28-16)19(24)29-23(25)30-20)13-3-5-14(6-4-13)21(33)27-10-15(22(34)35)7-8-17(31)32/h1,3-6,10-12,15H,7-9H2,(H,31,32)(H,34,35)(H4,24,25,26,29,30). The molecule has 2 atom stereocenters. The van der Waals surface area contributed by atoms with Crippen LogP contribution in [-0.4, -0.2) is 54.2 Å². The number of aliphatic imine (C=N–C) groups is 1. The summed E-state index contributed by atoms with van der Waals surface area (Å²) in [6.07, 6.45) is 8.00. The highest BCUT2D eigenvalue weighted by atomic mass is 16.4. The van der Waals surface area contributed by atoms with Crippen LogP contribution in [0, 0.1) is 18.3 Å². The van der Waals surface area contributed by atoms with Crippen molar-refractivity contribution in [3.05, 3.63) is 47.3 Å². The van der Waals surface area contributed by atoms with E-state index in [9.17, 15) is 14.4 Å². The summed E-state index contributed by atoms with van der Waals surface area (Å²) in [5.41, 5.74) is 13.5. The summed E-state index contributed by atoms with van der Waals surface area (Å²) in [6.45, 7) is 0. The van der Waals surface area contributed by atoms with Crippen molar-refractivity contribution in [2.24, 2.45) is 10.9 Å².